The molecule has 0 N–H and O–H groups in total. The fraction of sp³-hybridized carbons (Fsp3) is 0.136. The van der Waals surface area contributed by atoms with Crippen LogP contribution in [0.1, 0.15) is 22.3 Å². The number of hydrogen-bond acceptors (Lipinski definition) is 6. The summed E-state index contributed by atoms with van der Waals surface area (Å²) in [6, 6.07) is 11.4. The Morgan fingerprint density at radius 3 is 2.48 bits per heavy atom. The molecule has 0 aliphatic carbocycles. The van der Waals surface area contributed by atoms with Gasteiger partial charge in [0.1, 0.15) is 22.3 Å². The van der Waals surface area contributed by atoms with E-state index in [2.05, 4.69) is 0 Å². The van der Waals surface area contributed by atoms with Gasteiger partial charge in [-0.15, -0.1) is 0 Å². The van der Waals surface area contributed by atoms with Crippen LogP contribution in [-0.4, -0.2) is 25.8 Å². The highest BCUT2D eigenvalue weighted by atomic mass is 32.2. The number of benzene rings is 3. The standard InChI is InChI=1S/C22H16F2N2O6S/c23-15-11-20(24)19-5-2-10-25(21(19)12-15)22(27)14-6-8-17(9-7-14)32-33(30,31)18-4-1-3-16(13-18)26(28)29/h1,3-4,6-9,11-13H,2,5,10H2. The van der Waals surface area contributed by atoms with E-state index in [1.807, 2.05) is 0 Å². The van der Waals surface area contributed by atoms with Crippen molar-refractivity contribution in [2.45, 2.75) is 17.7 Å². The molecule has 1 aliphatic heterocycles. The monoisotopic (exact) mass is 474 g/mol. The number of carbonyl (C=O) groups is 1. The van der Waals surface area contributed by atoms with E-state index in [0.717, 1.165) is 30.3 Å². The fourth-order valence-corrected chi connectivity index (χ4v) is 4.53. The van der Waals surface area contributed by atoms with Crippen LogP contribution in [-0.2, 0) is 16.5 Å². The maximum absolute atomic E-state index is 14.1. The Labute approximate surface area is 187 Å². The molecule has 11 heteroatoms. The van der Waals surface area contributed by atoms with Crippen molar-refractivity contribution in [2.75, 3.05) is 11.4 Å². The predicted octanol–water partition coefficient (Wildman–Crippen LogP) is 4.23. The molecule has 0 spiro atoms. The second-order valence-electron chi connectivity index (χ2n) is 7.26. The number of non-ortho nitro benzene ring substituents is 1. The summed E-state index contributed by atoms with van der Waals surface area (Å²) in [6.07, 6.45) is 0.886. The summed E-state index contributed by atoms with van der Waals surface area (Å²) in [6.45, 7) is 0.272. The SMILES string of the molecule is O=C(c1ccc(OS(=O)(=O)c2cccc([N+](=O)[O-])c2)cc1)N1CCCc2c(F)cc(F)cc21. The molecule has 1 aliphatic rings. The highest BCUT2D eigenvalue weighted by Gasteiger charge is 2.27. The molecular formula is C22H16F2N2O6S. The van der Waals surface area contributed by atoms with Gasteiger partial charge in [0.25, 0.3) is 11.6 Å². The van der Waals surface area contributed by atoms with Crippen LogP contribution in [0.5, 0.6) is 5.75 Å². The highest BCUT2D eigenvalue weighted by Crippen LogP contribution is 2.32. The Balaban J connectivity index is 1.56. The zero-order chi connectivity index (χ0) is 23.8. The van der Waals surface area contributed by atoms with Gasteiger partial charge >= 0.3 is 10.1 Å². The summed E-state index contributed by atoms with van der Waals surface area (Å²) in [4.78, 5) is 24.0. The summed E-state index contributed by atoms with van der Waals surface area (Å²) in [5, 5.41) is 10.9. The van der Waals surface area contributed by atoms with Gasteiger partial charge < -0.3 is 9.08 Å². The number of nitrogens with zero attached hydrogens (tertiary/aromatic N) is 2. The van der Waals surface area contributed by atoms with Gasteiger partial charge in [-0.2, -0.15) is 8.42 Å². The van der Waals surface area contributed by atoms with Crippen molar-refractivity contribution < 1.29 is 31.1 Å². The van der Waals surface area contributed by atoms with E-state index >= 15 is 0 Å². The molecule has 0 atom stereocenters. The zero-order valence-corrected chi connectivity index (χ0v) is 17.7. The van der Waals surface area contributed by atoms with Crippen LogP contribution in [0.25, 0.3) is 0 Å². The largest absolute Gasteiger partial charge is 0.379 e. The topological polar surface area (TPSA) is 107 Å². The lowest BCUT2D eigenvalue weighted by atomic mass is 10.00. The van der Waals surface area contributed by atoms with Gasteiger partial charge in [-0.3, -0.25) is 14.9 Å². The molecule has 3 aromatic rings. The van der Waals surface area contributed by atoms with E-state index in [4.69, 9.17) is 4.18 Å². The van der Waals surface area contributed by atoms with Gasteiger partial charge in [-0.1, -0.05) is 6.07 Å². The van der Waals surface area contributed by atoms with Gasteiger partial charge in [-0.05, 0) is 49.2 Å². The zero-order valence-electron chi connectivity index (χ0n) is 16.9. The van der Waals surface area contributed by atoms with E-state index in [9.17, 15) is 32.1 Å². The van der Waals surface area contributed by atoms with Crippen LogP contribution in [0.4, 0.5) is 20.2 Å². The Kier molecular flexibility index (Phi) is 5.81. The normalized spacial score (nSPS) is 13.3. The number of carbonyl (C=O) groups excluding carboxylic acids is 1. The summed E-state index contributed by atoms with van der Waals surface area (Å²) >= 11 is 0. The van der Waals surface area contributed by atoms with Crippen molar-refractivity contribution in [2.24, 2.45) is 0 Å². The number of rotatable bonds is 5. The van der Waals surface area contributed by atoms with E-state index < -0.39 is 43.2 Å². The first-order chi connectivity index (χ1) is 15.7. The Hall–Kier alpha value is -3.86. The first-order valence-electron chi connectivity index (χ1n) is 9.74. The third-order valence-electron chi connectivity index (χ3n) is 5.11. The van der Waals surface area contributed by atoms with Crippen molar-refractivity contribution >= 4 is 27.4 Å². The van der Waals surface area contributed by atoms with Crippen molar-refractivity contribution in [3.63, 3.8) is 0 Å². The Bertz CT molecular complexity index is 1360. The lowest BCUT2D eigenvalue weighted by Crippen LogP contribution is -2.36. The summed E-state index contributed by atoms with van der Waals surface area (Å²) in [5.41, 5.74) is 0.180. The van der Waals surface area contributed by atoms with E-state index in [-0.39, 0.29) is 29.1 Å². The molecule has 33 heavy (non-hydrogen) atoms. The second kappa shape index (κ2) is 8.58. The minimum atomic E-state index is -4.36. The first kappa shape index (κ1) is 22.3. The summed E-state index contributed by atoms with van der Waals surface area (Å²) in [5.74, 6) is -2.12. The first-order valence-corrected chi connectivity index (χ1v) is 11.2. The molecule has 0 saturated carbocycles. The van der Waals surface area contributed by atoms with Gasteiger partial charge in [0.2, 0.25) is 0 Å². The van der Waals surface area contributed by atoms with Gasteiger partial charge in [0, 0.05) is 35.9 Å². The molecule has 170 valence electrons. The van der Waals surface area contributed by atoms with Crippen LogP contribution in [0, 0.1) is 21.7 Å². The maximum Gasteiger partial charge on any atom is 0.339 e. The van der Waals surface area contributed by atoms with Crippen LogP contribution >= 0.6 is 0 Å². The number of amides is 1. The molecule has 1 heterocycles. The number of nitro groups is 1. The number of anilines is 1. The lowest BCUT2D eigenvalue weighted by molar-refractivity contribution is -0.385. The van der Waals surface area contributed by atoms with Crippen molar-refractivity contribution in [3.8, 4) is 5.75 Å². The highest BCUT2D eigenvalue weighted by molar-refractivity contribution is 7.87. The molecule has 0 bridgehead atoms. The average Bonchev–Trinajstić information content (AvgIpc) is 2.78. The molecular weight excluding hydrogens is 458 g/mol. The molecule has 0 fully saturated rings. The Morgan fingerprint density at radius 1 is 1.06 bits per heavy atom. The third-order valence-corrected chi connectivity index (χ3v) is 6.35. The number of hydrogen-bond donors (Lipinski definition) is 0. The fourth-order valence-electron chi connectivity index (χ4n) is 3.56. The van der Waals surface area contributed by atoms with E-state index in [1.165, 1.54) is 35.2 Å². The van der Waals surface area contributed by atoms with Crippen molar-refractivity contribution in [1.82, 2.24) is 0 Å². The average molecular weight is 474 g/mol. The minimum Gasteiger partial charge on any atom is -0.379 e. The smallest absolute Gasteiger partial charge is 0.339 e. The van der Waals surface area contributed by atoms with E-state index in [0.29, 0.717) is 12.8 Å². The quantitative estimate of drug-likeness (QED) is 0.311. The molecule has 0 unspecified atom stereocenters. The molecule has 0 aromatic heterocycles. The summed E-state index contributed by atoms with van der Waals surface area (Å²) in [7, 11) is -4.36. The third kappa shape index (κ3) is 4.53. The maximum atomic E-state index is 14.1. The van der Waals surface area contributed by atoms with Crippen LogP contribution in [0.15, 0.2) is 65.6 Å². The molecule has 0 saturated heterocycles. The second-order valence-corrected chi connectivity index (χ2v) is 8.81. The van der Waals surface area contributed by atoms with Crippen molar-refractivity contribution in [3.05, 3.63) is 93.5 Å². The lowest BCUT2D eigenvalue weighted by Gasteiger charge is -2.30. The van der Waals surface area contributed by atoms with Crippen LogP contribution in [0.3, 0.4) is 0 Å². The van der Waals surface area contributed by atoms with Gasteiger partial charge in [0.05, 0.1) is 10.6 Å². The van der Waals surface area contributed by atoms with E-state index in [1.54, 1.807) is 0 Å². The van der Waals surface area contributed by atoms with Gasteiger partial charge in [-0.25, -0.2) is 8.78 Å². The predicted molar refractivity (Wildman–Crippen MR) is 114 cm³/mol. The number of halogens is 2. The molecule has 8 nitrogen and oxygen atoms in total. The van der Waals surface area contributed by atoms with Crippen molar-refractivity contribution in [1.29, 1.82) is 0 Å². The Morgan fingerprint density at radius 2 is 1.79 bits per heavy atom. The molecule has 0 radical (unpaired) electrons. The molecule has 4 rings (SSSR count). The summed E-state index contributed by atoms with van der Waals surface area (Å²) < 4.78 is 57.7. The molecule has 3 aromatic carbocycles. The van der Waals surface area contributed by atoms with Gasteiger partial charge in [0.15, 0.2) is 0 Å². The molecule has 1 amide bonds. The number of nitro benzene ring substituents is 1. The van der Waals surface area contributed by atoms with Crippen LogP contribution in [0.2, 0.25) is 0 Å². The van der Waals surface area contributed by atoms with Crippen LogP contribution < -0.4 is 9.08 Å². The minimum absolute atomic E-state index is 0.116. The number of fused-ring (bicyclic) bond motifs is 1.